The Hall–Kier alpha value is -2.15. The van der Waals surface area contributed by atoms with E-state index in [4.69, 9.17) is 34.8 Å². The number of rotatable bonds is 3. The number of benzene rings is 2. The number of aromatic nitrogens is 2. The summed E-state index contributed by atoms with van der Waals surface area (Å²) in [6.07, 6.45) is 0. The molecule has 9 heteroatoms. The molecule has 0 aliphatic heterocycles. The number of fused-ring (bicyclic) bond motifs is 1. The second-order valence-corrected chi connectivity index (χ2v) is 7.12. The maximum Gasteiger partial charge on any atom is 0.270 e. The molecular weight excluding hydrogens is 375 g/mol. The SMILES string of the molecule is O=[N+]([O-])c1ccc2nc(C(Cl)(Cl)Cl)nc(Nc3ccccc3)c2c1. The first-order chi connectivity index (χ1) is 11.3. The normalized spacial score (nSPS) is 11.5. The fraction of sp³-hybridized carbons (Fsp3) is 0.0667. The van der Waals surface area contributed by atoms with Gasteiger partial charge in [0.15, 0.2) is 5.82 Å². The summed E-state index contributed by atoms with van der Waals surface area (Å²) in [4.78, 5) is 18.9. The Kier molecular flexibility index (Phi) is 4.45. The molecule has 0 aliphatic rings. The molecule has 0 radical (unpaired) electrons. The Morgan fingerprint density at radius 2 is 1.75 bits per heavy atom. The minimum Gasteiger partial charge on any atom is -0.340 e. The molecule has 122 valence electrons. The zero-order chi connectivity index (χ0) is 17.3. The van der Waals surface area contributed by atoms with Crippen LogP contribution >= 0.6 is 34.8 Å². The van der Waals surface area contributed by atoms with Gasteiger partial charge in [-0.05, 0) is 18.2 Å². The van der Waals surface area contributed by atoms with E-state index in [1.165, 1.54) is 18.2 Å². The number of nitro groups is 1. The summed E-state index contributed by atoms with van der Waals surface area (Å²) < 4.78 is -1.82. The van der Waals surface area contributed by atoms with E-state index in [-0.39, 0.29) is 11.5 Å². The van der Waals surface area contributed by atoms with Gasteiger partial charge < -0.3 is 5.32 Å². The van der Waals surface area contributed by atoms with Crippen LogP contribution in [0.25, 0.3) is 10.9 Å². The molecule has 1 heterocycles. The highest BCUT2D eigenvalue weighted by Crippen LogP contribution is 2.38. The van der Waals surface area contributed by atoms with Crippen molar-refractivity contribution >= 4 is 62.9 Å². The molecule has 24 heavy (non-hydrogen) atoms. The standard InChI is InChI=1S/C15H9Cl3N4O2/c16-15(17,18)14-20-12-7-6-10(22(23)24)8-11(12)13(21-14)19-9-4-2-1-3-5-9/h1-8H,(H,19,20,21). The summed E-state index contributed by atoms with van der Waals surface area (Å²) in [5, 5.41) is 14.5. The molecular formula is C15H9Cl3N4O2. The number of hydrogen-bond donors (Lipinski definition) is 1. The summed E-state index contributed by atoms with van der Waals surface area (Å²) in [6, 6.07) is 13.4. The van der Waals surface area contributed by atoms with Crippen molar-refractivity contribution in [1.29, 1.82) is 0 Å². The van der Waals surface area contributed by atoms with E-state index in [0.717, 1.165) is 5.69 Å². The number of hydrogen-bond acceptors (Lipinski definition) is 5. The smallest absolute Gasteiger partial charge is 0.270 e. The molecule has 0 spiro atoms. The van der Waals surface area contributed by atoms with Crippen LogP contribution in [0.1, 0.15) is 5.82 Å². The predicted molar refractivity (Wildman–Crippen MR) is 95.2 cm³/mol. The van der Waals surface area contributed by atoms with Gasteiger partial charge in [-0.2, -0.15) is 0 Å². The minimum atomic E-state index is -1.82. The van der Waals surface area contributed by atoms with Gasteiger partial charge in [0.05, 0.1) is 10.4 Å². The second-order valence-electron chi connectivity index (χ2n) is 4.84. The lowest BCUT2D eigenvalue weighted by molar-refractivity contribution is -0.384. The van der Waals surface area contributed by atoms with Crippen LogP contribution in [0, 0.1) is 10.1 Å². The Balaban J connectivity index is 2.21. The van der Waals surface area contributed by atoms with Crippen molar-refractivity contribution < 1.29 is 4.92 Å². The summed E-state index contributed by atoms with van der Waals surface area (Å²) in [6.45, 7) is 0. The number of anilines is 2. The van der Waals surface area contributed by atoms with Crippen LogP contribution in [-0.2, 0) is 3.79 Å². The molecule has 0 saturated heterocycles. The van der Waals surface area contributed by atoms with E-state index in [9.17, 15) is 10.1 Å². The van der Waals surface area contributed by atoms with Crippen LogP contribution in [0.3, 0.4) is 0 Å². The van der Waals surface area contributed by atoms with Crippen molar-refractivity contribution in [3.05, 3.63) is 64.5 Å². The quantitative estimate of drug-likeness (QED) is 0.386. The molecule has 0 amide bonds. The fourth-order valence-corrected chi connectivity index (χ4v) is 2.36. The summed E-state index contributed by atoms with van der Waals surface area (Å²) in [5.41, 5.74) is 1.08. The molecule has 2 aromatic carbocycles. The Morgan fingerprint density at radius 1 is 1.04 bits per heavy atom. The first kappa shape index (κ1) is 16.7. The number of alkyl halides is 3. The third-order valence-electron chi connectivity index (χ3n) is 3.18. The van der Waals surface area contributed by atoms with Gasteiger partial charge in [-0.15, -0.1) is 0 Å². The molecule has 0 aliphatic carbocycles. The largest absolute Gasteiger partial charge is 0.340 e. The zero-order valence-electron chi connectivity index (χ0n) is 11.9. The topological polar surface area (TPSA) is 81.0 Å². The maximum absolute atomic E-state index is 11.0. The Labute approximate surface area is 151 Å². The van der Waals surface area contributed by atoms with Crippen molar-refractivity contribution in [2.45, 2.75) is 3.79 Å². The maximum atomic E-state index is 11.0. The third-order valence-corrected chi connectivity index (χ3v) is 3.69. The molecule has 0 bridgehead atoms. The highest BCUT2D eigenvalue weighted by molar-refractivity contribution is 6.66. The van der Waals surface area contributed by atoms with Crippen LogP contribution in [0.15, 0.2) is 48.5 Å². The molecule has 0 fully saturated rings. The molecule has 6 nitrogen and oxygen atoms in total. The monoisotopic (exact) mass is 382 g/mol. The number of non-ortho nitro benzene ring substituents is 1. The lowest BCUT2D eigenvalue weighted by Crippen LogP contribution is -2.10. The molecule has 0 saturated carbocycles. The van der Waals surface area contributed by atoms with E-state index in [2.05, 4.69) is 15.3 Å². The van der Waals surface area contributed by atoms with E-state index in [1.807, 2.05) is 30.3 Å². The van der Waals surface area contributed by atoms with Crippen molar-refractivity contribution in [2.24, 2.45) is 0 Å². The van der Waals surface area contributed by atoms with Gasteiger partial charge in [-0.3, -0.25) is 10.1 Å². The highest BCUT2D eigenvalue weighted by atomic mass is 35.6. The lowest BCUT2D eigenvalue weighted by Gasteiger charge is -2.14. The molecule has 3 aromatic rings. The van der Waals surface area contributed by atoms with Crippen LogP contribution in [0.5, 0.6) is 0 Å². The molecule has 0 unspecified atom stereocenters. The number of nitro benzene ring substituents is 1. The fourth-order valence-electron chi connectivity index (χ4n) is 2.11. The Morgan fingerprint density at radius 3 is 2.38 bits per heavy atom. The average Bonchev–Trinajstić information content (AvgIpc) is 2.54. The van der Waals surface area contributed by atoms with Crippen LogP contribution in [-0.4, -0.2) is 14.9 Å². The average molecular weight is 384 g/mol. The van der Waals surface area contributed by atoms with E-state index in [0.29, 0.717) is 16.7 Å². The first-order valence-electron chi connectivity index (χ1n) is 6.70. The van der Waals surface area contributed by atoms with Gasteiger partial charge in [-0.1, -0.05) is 53.0 Å². The van der Waals surface area contributed by atoms with E-state index < -0.39 is 8.72 Å². The first-order valence-corrected chi connectivity index (χ1v) is 7.83. The lowest BCUT2D eigenvalue weighted by atomic mass is 10.2. The van der Waals surface area contributed by atoms with Crippen molar-refractivity contribution in [3.63, 3.8) is 0 Å². The van der Waals surface area contributed by atoms with E-state index in [1.54, 1.807) is 0 Å². The van der Waals surface area contributed by atoms with Gasteiger partial charge in [0.25, 0.3) is 5.69 Å². The summed E-state index contributed by atoms with van der Waals surface area (Å²) in [7, 11) is 0. The summed E-state index contributed by atoms with van der Waals surface area (Å²) in [5.74, 6) is 0.295. The number of para-hydroxylation sites is 1. The van der Waals surface area contributed by atoms with Crippen LogP contribution < -0.4 is 5.32 Å². The predicted octanol–water partition coefficient (Wildman–Crippen LogP) is 5.11. The highest BCUT2D eigenvalue weighted by Gasteiger charge is 2.28. The molecule has 1 N–H and O–H groups in total. The molecule has 1 aromatic heterocycles. The summed E-state index contributed by atoms with van der Waals surface area (Å²) >= 11 is 17.7. The minimum absolute atomic E-state index is 0.0210. The Bertz CT molecular complexity index is 914. The van der Waals surface area contributed by atoms with Crippen molar-refractivity contribution in [1.82, 2.24) is 9.97 Å². The van der Waals surface area contributed by atoms with Gasteiger partial charge in [-0.25, -0.2) is 9.97 Å². The third kappa shape index (κ3) is 3.51. The molecule has 3 rings (SSSR count). The zero-order valence-corrected chi connectivity index (χ0v) is 14.2. The van der Waals surface area contributed by atoms with Gasteiger partial charge in [0, 0.05) is 23.2 Å². The number of nitrogens with zero attached hydrogens (tertiary/aromatic N) is 3. The van der Waals surface area contributed by atoms with E-state index >= 15 is 0 Å². The van der Waals surface area contributed by atoms with Gasteiger partial charge >= 0.3 is 0 Å². The van der Waals surface area contributed by atoms with Crippen LogP contribution in [0.4, 0.5) is 17.2 Å². The van der Waals surface area contributed by atoms with Crippen molar-refractivity contribution in [3.8, 4) is 0 Å². The van der Waals surface area contributed by atoms with Crippen molar-refractivity contribution in [2.75, 3.05) is 5.32 Å². The second kappa shape index (κ2) is 6.39. The molecule has 0 atom stereocenters. The number of halogens is 3. The van der Waals surface area contributed by atoms with Gasteiger partial charge in [0.1, 0.15) is 5.82 Å². The van der Waals surface area contributed by atoms with Crippen LogP contribution in [0.2, 0.25) is 0 Å². The number of nitrogens with one attached hydrogen (secondary N) is 1. The van der Waals surface area contributed by atoms with Gasteiger partial charge in [0.2, 0.25) is 3.79 Å².